The topological polar surface area (TPSA) is 33.0 Å². The molecule has 0 aliphatic carbocycles. The van der Waals surface area contributed by atoms with Crippen molar-refractivity contribution in [2.24, 2.45) is 5.41 Å². The van der Waals surface area contributed by atoms with Gasteiger partial charge in [-0.15, -0.1) is 0 Å². The Morgan fingerprint density at radius 1 is 1.27 bits per heavy atom. The van der Waals surface area contributed by atoms with Crippen LogP contribution in [0.5, 0.6) is 5.75 Å². The quantitative estimate of drug-likeness (QED) is 0.755. The molecule has 1 aromatic rings. The van der Waals surface area contributed by atoms with E-state index in [1.807, 2.05) is 45.9 Å². The molecule has 1 rings (SSSR count). The standard InChI is InChI=1S/C13H17NO/c1-10-6-5-7-11(2)12(10)15-9-13(3,4)8-14/h5-7H,9H2,1-4H3. The molecule has 0 saturated carbocycles. The van der Waals surface area contributed by atoms with Crippen molar-refractivity contribution in [3.8, 4) is 11.8 Å². The third-order valence-electron chi connectivity index (χ3n) is 2.29. The maximum atomic E-state index is 8.88. The van der Waals surface area contributed by atoms with Gasteiger partial charge in [0.2, 0.25) is 0 Å². The summed E-state index contributed by atoms with van der Waals surface area (Å²) in [4.78, 5) is 0. The van der Waals surface area contributed by atoms with Gasteiger partial charge >= 0.3 is 0 Å². The van der Waals surface area contributed by atoms with E-state index < -0.39 is 5.41 Å². The van der Waals surface area contributed by atoms with E-state index in [1.54, 1.807) is 0 Å². The molecule has 0 N–H and O–H groups in total. The zero-order valence-corrected chi connectivity index (χ0v) is 9.79. The van der Waals surface area contributed by atoms with Gasteiger partial charge in [0.05, 0.1) is 11.5 Å². The predicted molar refractivity (Wildman–Crippen MR) is 60.8 cm³/mol. The molecular formula is C13H17NO. The fourth-order valence-corrected chi connectivity index (χ4v) is 1.31. The van der Waals surface area contributed by atoms with Crippen molar-refractivity contribution in [1.29, 1.82) is 5.26 Å². The average molecular weight is 203 g/mol. The van der Waals surface area contributed by atoms with Crippen LogP contribution >= 0.6 is 0 Å². The minimum atomic E-state index is -0.436. The molecule has 15 heavy (non-hydrogen) atoms. The minimum Gasteiger partial charge on any atom is -0.491 e. The van der Waals surface area contributed by atoms with Gasteiger partial charge in [-0.25, -0.2) is 0 Å². The lowest BCUT2D eigenvalue weighted by Crippen LogP contribution is -2.19. The van der Waals surface area contributed by atoms with E-state index in [9.17, 15) is 0 Å². The van der Waals surface area contributed by atoms with Crippen LogP contribution in [-0.4, -0.2) is 6.61 Å². The van der Waals surface area contributed by atoms with Crippen molar-refractivity contribution in [3.63, 3.8) is 0 Å². The van der Waals surface area contributed by atoms with Crippen LogP contribution in [0.2, 0.25) is 0 Å². The second-order valence-electron chi connectivity index (χ2n) is 4.51. The molecule has 0 heterocycles. The van der Waals surface area contributed by atoms with Gasteiger partial charge in [-0.05, 0) is 38.8 Å². The lowest BCUT2D eigenvalue weighted by molar-refractivity contribution is 0.224. The Kier molecular flexibility index (Phi) is 3.36. The number of aryl methyl sites for hydroxylation is 2. The summed E-state index contributed by atoms with van der Waals surface area (Å²) in [6, 6.07) is 8.26. The Hall–Kier alpha value is -1.49. The van der Waals surface area contributed by atoms with E-state index in [1.165, 1.54) is 0 Å². The van der Waals surface area contributed by atoms with E-state index in [0.717, 1.165) is 16.9 Å². The smallest absolute Gasteiger partial charge is 0.125 e. The molecule has 0 saturated heterocycles. The highest BCUT2D eigenvalue weighted by Gasteiger charge is 2.18. The molecule has 0 amide bonds. The van der Waals surface area contributed by atoms with E-state index in [2.05, 4.69) is 6.07 Å². The molecule has 0 spiro atoms. The van der Waals surface area contributed by atoms with Crippen molar-refractivity contribution >= 4 is 0 Å². The van der Waals surface area contributed by atoms with Gasteiger partial charge in [-0.2, -0.15) is 5.26 Å². The van der Waals surface area contributed by atoms with Gasteiger partial charge in [-0.3, -0.25) is 0 Å². The van der Waals surface area contributed by atoms with Crippen molar-refractivity contribution in [3.05, 3.63) is 29.3 Å². The van der Waals surface area contributed by atoms with E-state index in [0.29, 0.717) is 6.61 Å². The number of nitrogens with zero attached hydrogens (tertiary/aromatic N) is 1. The maximum absolute atomic E-state index is 8.88. The number of rotatable bonds is 3. The third kappa shape index (κ3) is 2.99. The molecule has 80 valence electrons. The van der Waals surface area contributed by atoms with E-state index >= 15 is 0 Å². The largest absolute Gasteiger partial charge is 0.491 e. The summed E-state index contributed by atoms with van der Waals surface area (Å²) >= 11 is 0. The van der Waals surface area contributed by atoms with Crippen molar-refractivity contribution in [1.82, 2.24) is 0 Å². The number of ether oxygens (including phenoxy) is 1. The van der Waals surface area contributed by atoms with Crippen LogP contribution in [-0.2, 0) is 0 Å². The summed E-state index contributed by atoms with van der Waals surface area (Å²) in [5, 5.41) is 8.88. The van der Waals surface area contributed by atoms with Gasteiger partial charge in [0.25, 0.3) is 0 Å². The highest BCUT2D eigenvalue weighted by Crippen LogP contribution is 2.24. The molecule has 0 fully saturated rings. The normalized spacial score (nSPS) is 10.9. The second-order valence-corrected chi connectivity index (χ2v) is 4.51. The van der Waals surface area contributed by atoms with Crippen LogP contribution in [0.3, 0.4) is 0 Å². The minimum absolute atomic E-state index is 0.426. The monoisotopic (exact) mass is 203 g/mol. The highest BCUT2D eigenvalue weighted by molar-refractivity contribution is 5.39. The molecule has 2 heteroatoms. The van der Waals surface area contributed by atoms with Gasteiger partial charge in [0.15, 0.2) is 0 Å². The van der Waals surface area contributed by atoms with Crippen LogP contribution in [0, 0.1) is 30.6 Å². The fraction of sp³-hybridized carbons (Fsp3) is 0.462. The summed E-state index contributed by atoms with van der Waals surface area (Å²) in [5.41, 5.74) is 1.79. The molecule has 0 aromatic heterocycles. The third-order valence-corrected chi connectivity index (χ3v) is 2.29. The summed E-state index contributed by atoms with van der Waals surface area (Å²) in [6.45, 7) is 8.21. The molecule has 1 aromatic carbocycles. The molecule has 2 nitrogen and oxygen atoms in total. The lowest BCUT2D eigenvalue weighted by Gasteiger charge is -2.18. The van der Waals surface area contributed by atoms with Gasteiger partial charge < -0.3 is 4.74 Å². The van der Waals surface area contributed by atoms with Crippen LogP contribution in [0.15, 0.2) is 18.2 Å². The first kappa shape index (κ1) is 11.6. The van der Waals surface area contributed by atoms with Gasteiger partial charge in [-0.1, -0.05) is 18.2 Å². The van der Waals surface area contributed by atoms with Crippen LogP contribution in [0.4, 0.5) is 0 Å². The summed E-state index contributed by atoms with van der Waals surface area (Å²) in [6.07, 6.45) is 0. The van der Waals surface area contributed by atoms with Crippen LogP contribution in [0.1, 0.15) is 25.0 Å². The molecule has 0 radical (unpaired) electrons. The first-order valence-electron chi connectivity index (χ1n) is 5.06. The Morgan fingerprint density at radius 3 is 2.27 bits per heavy atom. The summed E-state index contributed by atoms with van der Waals surface area (Å²) in [7, 11) is 0. The number of benzene rings is 1. The predicted octanol–water partition coefficient (Wildman–Crippen LogP) is 3.23. The molecule has 0 aliphatic rings. The van der Waals surface area contributed by atoms with Crippen LogP contribution in [0.25, 0.3) is 0 Å². The molecule has 0 aliphatic heterocycles. The number of hydrogen-bond donors (Lipinski definition) is 0. The SMILES string of the molecule is Cc1cccc(C)c1OCC(C)(C)C#N. The molecule has 0 unspecified atom stereocenters. The van der Waals surface area contributed by atoms with E-state index in [-0.39, 0.29) is 0 Å². The zero-order chi connectivity index (χ0) is 11.5. The van der Waals surface area contributed by atoms with Gasteiger partial charge in [0, 0.05) is 0 Å². The van der Waals surface area contributed by atoms with Crippen molar-refractivity contribution in [2.75, 3.05) is 6.61 Å². The van der Waals surface area contributed by atoms with Gasteiger partial charge in [0.1, 0.15) is 12.4 Å². The number of nitriles is 1. The Morgan fingerprint density at radius 2 is 1.80 bits per heavy atom. The Bertz CT molecular complexity index is 368. The first-order chi connectivity index (χ1) is 6.96. The van der Waals surface area contributed by atoms with E-state index in [4.69, 9.17) is 10.00 Å². The van der Waals surface area contributed by atoms with Crippen molar-refractivity contribution in [2.45, 2.75) is 27.7 Å². The summed E-state index contributed by atoms with van der Waals surface area (Å²) < 4.78 is 5.70. The number of para-hydroxylation sites is 1. The van der Waals surface area contributed by atoms with Crippen LogP contribution < -0.4 is 4.74 Å². The first-order valence-corrected chi connectivity index (χ1v) is 5.06. The fourth-order valence-electron chi connectivity index (χ4n) is 1.31. The molecule has 0 bridgehead atoms. The number of hydrogen-bond acceptors (Lipinski definition) is 2. The molecular weight excluding hydrogens is 186 g/mol. The highest BCUT2D eigenvalue weighted by atomic mass is 16.5. The average Bonchev–Trinajstić information content (AvgIpc) is 2.17. The molecule has 0 atom stereocenters. The zero-order valence-electron chi connectivity index (χ0n) is 9.79. The Labute approximate surface area is 91.5 Å². The lowest BCUT2D eigenvalue weighted by atomic mass is 9.97. The second kappa shape index (κ2) is 4.35. The Balaban J connectivity index is 2.79. The maximum Gasteiger partial charge on any atom is 0.125 e. The van der Waals surface area contributed by atoms with Crippen molar-refractivity contribution < 1.29 is 4.74 Å². The summed E-state index contributed by atoms with van der Waals surface area (Å²) in [5.74, 6) is 0.904.